The number of rotatable bonds is 5. The smallest absolute Gasteiger partial charge is 0.433 e. The normalized spacial score (nSPS) is 11.5. The van der Waals surface area contributed by atoms with Crippen molar-refractivity contribution in [3.63, 3.8) is 0 Å². The summed E-state index contributed by atoms with van der Waals surface area (Å²) in [6.07, 6.45) is -4.73. The van der Waals surface area contributed by atoms with Crippen molar-refractivity contribution in [2.24, 2.45) is 14.1 Å². The number of tetrazole rings is 2. The van der Waals surface area contributed by atoms with E-state index in [4.69, 9.17) is 4.74 Å². The Hall–Kier alpha value is -3.65. The quantitative estimate of drug-likeness (QED) is 0.642. The summed E-state index contributed by atoms with van der Waals surface area (Å²) >= 11 is 0. The number of ether oxygens (including phenoxy) is 1. The number of anilines is 1. The molecule has 3 aromatic heterocycles. The monoisotopic (exact) mass is 398 g/mol. The molecule has 3 rings (SSSR count). The van der Waals surface area contributed by atoms with Gasteiger partial charge in [0, 0.05) is 14.1 Å². The Labute approximate surface area is 154 Å². The van der Waals surface area contributed by atoms with Crippen molar-refractivity contribution >= 4 is 11.9 Å². The number of hydrogen-bond acceptors (Lipinski definition) is 9. The minimum atomic E-state index is -4.73. The predicted molar refractivity (Wildman–Crippen MR) is 83.9 cm³/mol. The molecule has 0 aliphatic rings. The van der Waals surface area contributed by atoms with Crippen LogP contribution in [-0.4, -0.2) is 51.3 Å². The van der Waals surface area contributed by atoms with E-state index in [1.165, 1.54) is 30.4 Å². The molecular weight excluding hydrogens is 385 g/mol. The lowest BCUT2D eigenvalue weighted by Crippen LogP contribution is -2.20. The van der Waals surface area contributed by atoms with Crippen LogP contribution in [0, 0.1) is 6.92 Å². The molecule has 0 aliphatic carbocycles. The van der Waals surface area contributed by atoms with Crippen molar-refractivity contribution in [3.8, 4) is 5.88 Å². The maximum Gasteiger partial charge on any atom is 0.433 e. The lowest BCUT2D eigenvalue weighted by atomic mass is 10.1. The van der Waals surface area contributed by atoms with Gasteiger partial charge in [0.25, 0.3) is 5.91 Å². The summed E-state index contributed by atoms with van der Waals surface area (Å²) in [5.41, 5.74) is -1.65. The van der Waals surface area contributed by atoms with Crippen LogP contribution in [0.3, 0.4) is 0 Å². The molecule has 0 aliphatic heterocycles. The number of hydrogen-bond donors (Lipinski definition) is 1. The maximum atomic E-state index is 13.2. The average molecular weight is 398 g/mol. The first kappa shape index (κ1) is 19.1. The highest BCUT2D eigenvalue weighted by Crippen LogP contribution is 2.33. The minimum absolute atomic E-state index is 0.00833. The van der Waals surface area contributed by atoms with E-state index < -0.39 is 23.7 Å². The van der Waals surface area contributed by atoms with E-state index in [9.17, 15) is 18.0 Å². The third kappa shape index (κ3) is 3.86. The number of pyridine rings is 1. The maximum absolute atomic E-state index is 13.2. The topological polar surface area (TPSA) is 138 Å². The van der Waals surface area contributed by atoms with Crippen molar-refractivity contribution in [1.29, 1.82) is 0 Å². The fourth-order valence-electron chi connectivity index (χ4n) is 2.16. The number of carbonyl (C=O) groups excluding carboxylic acids is 1. The first-order chi connectivity index (χ1) is 13.2. The summed E-state index contributed by atoms with van der Waals surface area (Å²) in [5.74, 6) is -1.12. The fraction of sp³-hybridized carbons (Fsp3) is 0.385. The van der Waals surface area contributed by atoms with Crippen LogP contribution >= 0.6 is 0 Å². The van der Waals surface area contributed by atoms with Gasteiger partial charge in [0.05, 0.1) is 0 Å². The molecule has 15 heteroatoms. The summed E-state index contributed by atoms with van der Waals surface area (Å²) < 4.78 is 47.4. The van der Waals surface area contributed by atoms with Gasteiger partial charge in [0.15, 0.2) is 18.1 Å². The molecule has 0 saturated heterocycles. The minimum Gasteiger partial charge on any atom is -0.469 e. The number of alkyl halides is 3. The molecule has 0 fully saturated rings. The van der Waals surface area contributed by atoms with Gasteiger partial charge in [-0.25, -0.2) is 14.3 Å². The van der Waals surface area contributed by atoms with Crippen LogP contribution in [0.15, 0.2) is 6.07 Å². The van der Waals surface area contributed by atoms with Gasteiger partial charge >= 0.3 is 6.18 Å². The number of aryl methyl sites for hydroxylation is 3. The molecule has 0 atom stereocenters. The molecule has 3 aromatic rings. The number of nitrogens with zero attached hydrogens (tertiary/aromatic N) is 9. The second-order valence-corrected chi connectivity index (χ2v) is 5.59. The van der Waals surface area contributed by atoms with Crippen LogP contribution in [0.2, 0.25) is 0 Å². The molecule has 0 saturated carbocycles. The van der Waals surface area contributed by atoms with E-state index in [0.717, 1.165) is 6.07 Å². The first-order valence-electron chi connectivity index (χ1n) is 7.63. The molecule has 0 unspecified atom stereocenters. The van der Waals surface area contributed by atoms with E-state index in [-0.39, 0.29) is 29.5 Å². The molecule has 0 radical (unpaired) electrons. The number of carbonyl (C=O) groups is 1. The summed E-state index contributed by atoms with van der Waals surface area (Å²) in [4.78, 5) is 16.1. The van der Waals surface area contributed by atoms with Crippen LogP contribution in [-0.2, 0) is 26.9 Å². The highest BCUT2D eigenvalue weighted by molar-refractivity contribution is 6.05. The molecule has 1 amide bonds. The molecule has 3 heterocycles. The largest absolute Gasteiger partial charge is 0.469 e. The second-order valence-electron chi connectivity index (χ2n) is 5.59. The summed E-state index contributed by atoms with van der Waals surface area (Å²) in [6, 6.07) is 1.03. The molecule has 1 N–H and O–H groups in total. The van der Waals surface area contributed by atoms with Gasteiger partial charge < -0.3 is 4.74 Å². The van der Waals surface area contributed by atoms with E-state index in [0.29, 0.717) is 0 Å². The Kier molecular flexibility index (Phi) is 4.89. The van der Waals surface area contributed by atoms with Crippen molar-refractivity contribution in [1.82, 2.24) is 45.4 Å². The Morgan fingerprint density at radius 1 is 1.18 bits per heavy atom. The van der Waals surface area contributed by atoms with Crippen LogP contribution in [0.1, 0.15) is 27.4 Å². The molecule has 0 bridgehead atoms. The van der Waals surface area contributed by atoms with Crippen LogP contribution in [0.25, 0.3) is 0 Å². The Bertz CT molecular complexity index is 1010. The molecule has 28 heavy (non-hydrogen) atoms. The Morgan fingerprint density at radius 2 is 1.86 bits per heavy atom. The summed E-state index contributed by atoms with van der Waals surface area (Å²) in [5, 5.41) is 23.5. The molecule has 148 valence electrons. The Morgan fingerprint density at radius 3 is 2.43 bits per heavy atom. The van der Waals surface area contributed by atoms with Crippen molar-refractivity contribution < 1.29 is 22.7 Å². The lowest BCUT2D eigenvalue weighted by Gasteiger charge is -2.15. The van der Waals surface area contributed by atoms with E-state index in [1.54, 1.807) is 0 Å². The van der Waals surface area contributed by atoms with Crippen molar-refractivity contribution in [3.05, 3.63) is 28.7 Å². The third-order valence-electron chi connectivity index (χ3n) is 3.58. The molecular formula is C13H13F3N10O2. The SMILES string of the molecule is Cc1cc(C(=O)Nc2nnnn2C)c(OCc2nnnn2C)nc1C(F)(F)F. The van der Waals surface area contributed by atoms with Crippen LogP contribution in [0.5, 0.6) is 5.88 Å². The zero-order chi connectivity index (χ0) is 20.5. The first-order valence-corrected chi connectivity index (χ1v) is 7.63. The van der Waals surface area contributed by atoms with Crippen molar-refractivity contribution in [2.45, 2.75) is 19.7 Å². The highest BCUT2D eigenvalue weighted by Gasteiger charge is 2.36. The third-order valence-corrected chi connectivity index (χ3v) is 3.58. The zero-order valence-electron chi connectivity index (χ0n) is 14.8. The van der Waals surface area contributed by atoms with Crippen LogP contribution in [0.4, 0.5) is 19.1 Å². The fourth-order valence-corrected chi connectivity index (χ4v) is 2.16. The zero-order valence-corrected chi connectivity index (χ0v) is 14.8. The van der Waals surface area contributed by atoms with Gasteiger partial charge in [0.2, 0.25) is 11.8 Å². The Balaban J connectivity index is 1.96. The number of amides is 1. The molecule has 0 spiro atoms. The van der Waals surface area contributed by atoms with E-state index >= 15 is 0 Å². The van der Waals surface area contributed by atoms with E-state index in [2.05, 4.69) is 41.4 Å². The van der Waals surface area contributed by atoms with Gasteiger partial charge in [-0.3, -0.25) is 10.1 Å². The van der Waals surface area contributed by atoms with Crippen molar-refractivity contribution in [2.75, 3.05) is 5.32 Å². The number of nitrogens with one attached hydrogen (secondary N) is 1. The summed E-state index contributed by atoms with van der Waals surface area (Å²) in [6.45, 7) is 0.884. The predicted octanol–water partition coefficient (Wildman–Crippen LogP) is 0.287. The molecule has 12 nitrogen and oxygen atoms in total. The highest BCUT2D eigenvalue weighted by atomic mass is 19.4. The van der Waals surface area contributed by atoms with Gasteiger partial charge in [-0.15, -0.1) is 5.10 Å². The van der Waals surface area contributed by atoms with Crippen LogP contribution < -0.4 is 10.1 Å². The van der Waals surface area contributed by atoms with E-state index in [1.807, 2.05) is 0 Å². The number of aromatic nitrogens is 9. The molecule has 0 aromatic carbocycles. The van der Waals surface area contributed by atoms with Gasteiger partial charge in [-0.2, -0.15) is 13.2 Å². The average Bonchev–Trinajstić information content (AvgIpc) is 3.20. The number of halogens is 3. The van der Waals surface area contributed by atoms with Gasteiger partial charge in [-0.1, -0.05) is 5.10 Å². The lowest BCUT2D eigenvalue weighted by molar-refractivity contribution is -0.141. The summed E-state index contributed by atoms with van der Waals surface area (Å²) in [7, 11) is 3.00. The van der Waals surface area contributed by atoms with Gasteiger partial charge in [-0.05, 0) is 39.4 Å². The van der Waals surface area contributed by atoms with Gasteiger partial charge in [0.1, 0.15) is 5.56 Å². The second kappa shape index (κ2) is 7.16. The standard InChI is InChI=1S/C13H13F3N10O2/c1-6-4-7(10(27)18-12-20-22-24-26(12)3)11(17-9(6)13(14,15)16)28-5-8-19-21-23-25(8)2/h4H,5H2,1-3H3,(H,18,20,24,27).